The van der Waals surface area contributed by atoms with Crippen LogP contribution < -0.4 is 0 Å². The maximum atomic E-state index is 12.3. The van der Waals surface area contributed by atoms with Gasteiger partial charge in [-0.1, -0.05) is 39.0 Å². The summed E-state index contributed by atoms with van der Waals surface area (Å²) in [6.45, 7) is 8.49. The van der Waals surface area contributed by atoms with Crippen LogP contribution in [0.3, 0.4) is 0 Å². The molecule has 0 radical (unpaired) electrons. The Morgan fingerprint density at radius 2 is 1.95 bits per heavy atom. The van der Waals surface area contributed by atoms with Crippen molar-refractivity contribution >= 4 is 5.78 Å². The Balaban J connectivity index is 2.23. The van der Waals surface area contributed by atoms with Gasteiger partial charge in [-0.2, -0.15) is 10.2 Å². The van der Waals surface area contributed by atoms with E-state index in [2.05, 4.69) is 37.0 Å². The molecule has 0 spiro atoms. The van der Waals surface area contributed by atoms with Crippen molar-refractivity contribution in [2.75, 3.05) is 0 Å². The van der Waals surface area contributed by atoms with E-state index < -0.39 is 0 Å². The number of hydrogen-bond donors (Lipinski definition) is 0. The number of hydrogen-bond acceptors (Lipinski definition) is 3. The summed E-state index contributed by atoms with van der Waals surface area (Å²) in [5.41, 5.74) is 3.83. The molecule has 3 heteroatoms. The smallest absolute Gasteiger partial charge is 0.169 e. The fourth-order valence-electron chi connectivity index (χ4n) is 2.13. The topological polar surface area (TPSA) is 42.9 Å². The molecule has 1 heterocycles. The number of nitrogens with zero attached hydrogens (tertiary/aromatic N) is 2. The predicted molar refractivity (Wildman–Crippen MR) is 79.9 cm³/mol. The lowest BCUT2D eigenvalue weighted by Gasteiger charge is -2.20. The second kappa shape index (κ2) is 5.53. The molecule has 3 nitrogen and oxygen atoms in total. The van der Waals surface area contributed by atoms with Gasteiger partial charge in [0, 0.05) is 11.8 Å². The van der Waals surface area contributed by atoms with Crippen LogP contribution in [0.15, 0.2) is 36.5 Å². The van der Waals surface area contributed by atoms with Crippen LogP contribution in [0.1, 0.15) is 48.0 Å². The van der Waals surface area contributed by atoms with Crippen molar-refractivity contribution < 1.29 is 4.79 Å². The molecule has 0 saturated carbocycles. The largest absolute Gasteiger partial charge is 0.294 e. The maximum Gasteiger partial charge on any atom is 0.169 e. The van der Waals surface area contributed by atoms with Gasteiger partial charge in [-0.3, -0.25) is 4.79 Å². The number of benzene rings is 1. The number of ketones is 1. The van der Waals surface area contributed by atoms with Gasteiger partial charge in [0.1, 0.15) is 0 Å². The monoisotopic (exact) mass is 268 g/mol. The first-order valence-corrected chi connectivity index (χ1v) is 6.79. The highest BCUT2D eigenvalue weighted by Crippen LogP contribution is 2.24. The lowest BCUT2D eigenvalue weighted by Crippen LogP contribution is -2.13. The van der Waals surface area contributed by atoms with Crippen LogP contribution in [-0.4, -0.2) is 16.0 Å². The van der Waals surface area contributed by atoms with Crippen LogP contribution in [0, 0.1) is 6.92 Å². The van der Waals surface area contributed by atoms with Gasteiger partial charge in [0.25, 0.3) is 0 Å². The van der Waals surface area contributed by atoms with Gasteiger partial charge in [-0.05, 0) is 35.6 Å². The Kier molecular flexibility index (Phi) is 3.98. The van der Waals surface area contributed by atoms with Gasteiger partial charge >= 0.3 is 0 Å². The van der Waals surface area contributed by atoms with Crippen LogP contribution in [0.25, 0.3) is 0 Å². The van der Waals surface area contributed by atoms with Crippen molar-refractivity contribution in [2.24, 2.45) is 0 Å². The first-order chi connectivity index (χ1) is 9.38. The van der Waals surface area contributed by atoms with Crippen LogP contribution in [-0.2, 0) is 11.8 Å². The Bertz CT molecular complexity index is 613. The average Bonchev–Trinajstić information content (AvgIpc) is 2.38. The van der Waals surface area contributed by atoms with E-state index in [1.807, 2.05) is 25.1 Å². The van der Waals surface area contributed by atoms with Crippen molar-refractivity contribution in [1.82, 2.24) is 10.2 Å². The molecule has 0 aliphatic heterocycles. The SMILES string of the molecule is Cc1cc(C(C)(C)C)ccc1C(=O)Cc1cccnn1. The molecule has 0 atom stereocenters. The minimum atomic E-state index is 0.0865. The number of carbonyl (C=O) groups is 1. The van der Waals surface area contributed by atoms with E-state index in [1.165, 1.54) is 5.56 Å². The highest BCUT2D eigenvalue weighted by atomic mass is 16.1. The molecule has 0 bridgehead atoms. The molecule has 0 unspecified atom stereocenters. The Morgan fingerprint density at radius 1 is 1.20 bits per heavy atom. The van der Waals surface area contributed by atoms with Crippen LogP contribution >= 0.6 is 0 Å². The Morgan fingerprint density at radius 3 is 2.50 bits per heavy atom. The molecular weight excluding hydrogens is 248 g/mol. The summed E-state index contributed by atoms with van der Waals surface area (Å²) < 4.78 is 0. The third kappa shape index (κ3) is 3.29. The molecule has 2 rings (SSSR count). The van der Waals surface area contributed by atoms with E-state index in [0.717, 1.165) is 11.1 Å². The zero-order chi connectivity index (χ0) is 14.8. The van der Waals surface area contributed by atoms with E-state index in [4.69, 9.17) is 0 Å². The van der Waals surface area contributed by atoms with Crippen LogP contribution in [0.5, 0.6) is 0 Å². The second-order valence-corrected chi connectivity index (χ2v) is 6.09. The summed E-state index contributed by atoms with van der Waals surface area (Å²) >= 11 is 0. The molecular formula is C17H20N2O. The first kappa shape index (κ1) is 14.4. The minimum absolute atomic E-state index is 0.0865. The zero-order valence-corrected chi connectivity index (χ0v) is 12.5. The van der Waals surface area contributed by atoms with Gasteiger partial charge < -0.3 is 0 Å². The predicted octanol–water partition coefficient (Wildman–Crippen LogP) is 3.51. The average molecular weight is 268 g/mol. The molecule has 1 aromatic carbocycles. The summed E-state index contributed by atoms with van der Waals surface area (Å²) in [4.78, 5) is 12.3. The Labute approximate surface area is 120 Å². The van der Waals surface area contributed by atoms with E-state index in [1.54, 1.807) is 12.3 Å². The third-order valence-corrected chi connectivity index (χ3v) is 3.36. The van der Waals surface area contributed by atoms with Crippen LogP contribution in [0.4, 0.5) is 0 Å². The standard InChI is InChI=1S/C17H20N2O/c1-12-10-13(17(2,3)4)7-8-15(12)16(20)11-14-6-5-9-18-19-14/h5-10H,11H2,1-4H3. The highest BCUT2D eigenvalue weighted by Gasteiger charge is 2.17. The van der Waals surface area contributed by atoms with Crippen LogP contribution in [0.2, 0.25) is 0 Å². The summed E-state index contributed by atoms with van der Waals surface area (Å²) in [6.07, 6.45) is 1.90. The van der Waals surface area contributed by atoms with Crippen molar-refractivity contribution in [3.05, 3.63) is 58.9 Å². The molecule has 0 fully saturated rings. The molecule has 0 amide bonds. The fraction of sp³-hybridized carbons (Fsp3) is 0.353. The van der Waals surface area contributed by atoms with Crippen molar-refractivity contribution in [1.29, 1.82) is 0 Å². The number of Topliss-reactive ketones (excluding diaryl/α,β-unsaturated/α-hetero) is 1. The summed E-state index contributed by atoms with van der Waals surface area (Å²) in [7, 11) is 0. The van der Waals surface area contributed by atoms with Gasteiger partial charge in [-0.25, -0.2) is 0 Å². The normalized spacial score (nSPS) is 11.4. The maximum absolute atomic E-state index is 12.3. The molecule has 0 aliphatic rings. The quantitative estimate of drug-likeness (QED) is 0.800. The van der Waals surface area contributed by atoms with E-state index in [-0.39, 0.29) is 11.2 Å². The van der Waals surface area contributed by atoms with Crippen molar-refractivity contribution in [3.8, 4) is 0 Å². The molecule has 1 aromatic heterocycles. The van der Waals surface area contributed by atoms with Gasteiger partial charge in [0.15, 0.2) is 5.78 Å². The fourth-order valence-corrected chi connectivity index (χ4v) is 2.13. The number of carbonyl (C=O) groups excluding carboxylic acids is 1. The molecule has 104 valence electrons. The van der Waals surface area contributed by atoms with E-state index in [9.17, 15) is 4.79 Å². The minimum Gasteiger partial charge on any atom is -0.294 e. The lowest BCUT2D eigenvalue weighted by atomic mass is 9.85. The summed E-state index contributed by atoms with van der Waals surface area (Å²) in [6, 6.07) is 9.68. The van der Waals surface area contributed by atoms with E-state index in [0.29, 0.717) is 12.1 Å². The third-order valence-electron chi connectivity index (χ3n) is 3.36. The second-order valence-electron chi connectivity index (χ2n) is 6.09. The molecule has 0 aliphatic carbocycles. The first-order valence-electron chi connectivity index (χ1n) is 6.79. The molecule has 0 N–H and O–H groups in total. The number of rotatable bonds is 3. The number of aryl methyl sites for hydroxylation is 1. The Hall–Kier alpha value is -2.03. The summed E-state index contributed by atoms with van der Waals surface area (Å²) in [5, 5.41) is 7.76. The molecule has 0 saturated heterocycles. The lowest BCUT2D eigenvalue weighted by molar-refractivity contribution is 0.0991. The van der Waals surface area contributed by atoms with Gasteiger partial charge in [0.05, 0.1) is 12.1 Å². The summed E-state index contributed by atoms with van der Waals surface area (Å²) in [5.74, 6) is 0.0865. The van der Waals surface area contributed by atoms with Gasteiger partial charge in [0.2, 0.25) is 0 Å². The molecule has 20 heavy (non-hydrogen) atoms. The zero-order valence-electron chi connectivity index (χ0n) is 12.5. The molecule has 2 aromatic rings. The van der Waals surface area contributed by atoms with Crippen molar-refractivity contribution in [2.45, 2.75) is 39.5 Å². The highest BCUT2D eigenvalue weighted by molar-refractivity contribution is 5.98. The number of aromatic nitrogens is 2. The van der Waals surface area contributed by atoms with E-state index >= 15 is 0 Å². The van der Waals surface area contributed by atoms with Crippen molar-refractivity contribution in [3.63, 3.8) is 0 Å². The van der Waals surface area contributed by atoms with Gasteiger partial charge in [-0.15, -0.1) is 0 Å².